The third-order valence-electron chi connectivity index (χ3n) is 3.79. The minimum absolute atomic E-state index is 0.00512. The molecule has 5 heteroatoms. The van der Waals surface area contributed by atoms with Gasteiger partial charge in [-0.05, 0) is 68.6 Å². The minimum atomic E-state index is -0.162. The van der Waals surface area contributed by atoms with Crippen LogP contribution in [0.5, 0.6) is 0 Å². The highest BCUT2D eigenvalue weighted by atomic mass is 32.2. The third-order valence-corrected chi connectivity index (χ3v) is 4.54. The molecule has 2 rings (SSSR count). The molecule has 0 spiro atoms. The summed E-state index contributed by atoms with van der Waals surface area (Å²) >= 11 is 1.64. The lowest BCUT2D eigenvalue weighted by molar-refractivity contribution is 0.0773. The summed E-state index contributed by atoms with van der Waals surface area (Å²) in [7, 11) is 0. The van der Waals surface area contributed by atoms with Crippen LogP contribution in [0.15, 0.2) is 53.4 Å². The fourth-order valence-electron chi connectivity index (χ4n) is 2.34. The average Bonchev–Trinajstić information content (AvgIpc) is 2.63. The summed E-state index contributed by atoms with van der Waals surface area (Å²) < 4.78 is 0. The summed E-state index contributed by atoms with van der Waals surface area (Å²) in [5, 5.41) is 2.85. The lowest BCUT2D eigenvalue weighted by atomic mass is 10.1. The molecule has 0 unspecified atom stereocenters. The second kappa shape index (κ2) is 8.55. The minimum Gasteiger partial charge on any atom is -0.339 e. The van der Waals surface area contributed by atoms with Crippen LogP contribution >= 0.6 is 11.8 Å². The molecule has 0 aliphatic rings. The maximum atomic E-state index is 12.3. The van der Waals surface area contributed by atoms with Gasteiger partial charge in [-0.3, -0.25) is 9.59 Å². The van der Waals surface area contributed by atoms with E-state index in [4.69, 9.17) is 0 Å². The standard InChI is InChI=1S/C19H22N2O2S/c1-4-21(5-2)19(23)15-6-10-16(11-7-15)20-18(22)14-8-12-17(24-3)13-9-14/h6-13H,4-5H2,1-3H3,(H,20,22). The third kappa shape index (κ3) is 4.38. The van der Waals surface area contributed by atoms with E-state index in [2.05, 4.69) is 5.32 Å². The van der Waals surface area contributed by atoms with Crippen LogP contribution in [-0.2, 0) is 0 Å². The van der Waals surface area contributed by atoms with Crippen LogP contribution in [0.4, 0.5) is 5.69 Å². The molecule has 0 heterocycles. The van der Waals surface area contributed by atoms with E-state index in [1.165, 1.54) is 0 Å². The molecule has 4 nitrogen and oxygen atoms in total. The topological polar surface area (TPSA) is 49.4 Å². The van der Waals surface area contributed by atoms with Crippen molar-refractivity contribution in [3.8, 4) is 0 Å². The van der Waals surface area contributed by atoms with Gasteiger partial charge in [-0.15, -0.1) is 11.8 Å². The van der Waals surface area contributed by atoms with Crippen LogP contribution in [-0.4, -0.2) is 36.1 Å². The highest BCUT2D eigenvalue weighted by molar-refractivity contribution is 7.98. The van der Waals surface area contributed by atoms with Crippen molar-refractivity contribution in [2.45, 2.75) is 18.7 Å². The molecule has 126 valence electrons. The van der Waals surface area contributed by atoms with Crippen molar-refractivity contribution in [3.05, 3.63) is 59.7 Å². The summed E-state index contributed by atoms with van der Waals surface area (Å²) in [6.45, 7) is 5.27. The average molecular weight is 342 g/mol. The van der Waals surface area contributed by atoms with Crippen molar-refractivity contribution in [2.75, 3.05) is 24.7 Å². The number of carbonyl (C=O) groups excluding carboxylic acids is 2. The number of nitrogens with one attached hydrogen (secondary N) is 1. The summed E-state index contributed by atoms with van der Waals surface area (Å²) in [5.74, 6) is -0.156. The first-order valence-corrected chi connectivity index (χ1v) is 9.16. The van der Waals surface area contributed by atoms with Gasteiger partial charge in [0, 0.05) is 34.8 Å². The largest absolute Gasteiger partial charge is 0.339 e. The Bertz CT molecular complexity index is 692. The van der Waals surface area contributed by atoms with Crippen molar-refractivity contribution in [2.24, 2.45) is 0 Å². The molecule has 2 aromatic carbocycles. The van der Waals surface area contributed by atoms with Crippen molar-refractivity contribution >= 4 is 29.3 Å². The van der Waals surface area contributed by atoms with Crippen LogP contribution in [0.25, 0.3) is 0 Å². The van der Waals surface area contributed by atoms with Crippen molar-refractivity contribution in [1.29, 1.82) is 0 Å². The summed E-state index contributed by atoms with van der Waals surface area (Å²) in [4.78, 5) is 27.4. The normalized spacial score (nSPS) is 10.3. The maximum Gasteiger partial charge on any atom is 0.255 e. The highest BCUT2D eigenvalue weighted by Gasteiger charge is 2.12. The maximum absolute atomic E-state index is 12.3. The molecule has 24 heavy (non-hydrogen) atoms. The predicted molar refractivity (Wildman–Crippen MR) is 99.9 cm³/mol. The summed E-state index contributed by atoms with van der Waals surface area (Å²) in [6, 6.07) is 14.5. The molecule has 1 N–H and O–H groups in total. The number of thioether (sulfide) groups is 1. The molecule has 0 bridgehead atoms. The van der Waals surface area contributed by atoms with Crippen molar-refractivity contribution < 1.29 is 9.59 Å². The fraction of sp³-hybridized carbons (Fsp3) is 0.263. The van der Waals surface area contributed by atoms with Crippen LogP contribution < -0.4 is 5.32 Å². The first-order chi connectivity index (χ1) is 11.6. The van der Waals surface area contributed by atoms with Crippen molar-refractivity contribution in [1.82, 2.24) is 4.90 Å². The molecular weight excluding hydrogens is 320 g/mol. The Morgan fingerprint density at radius 3 is 1.96 bits per heavy atom. The van der Waals surface area contributed by atoms with E-state index in [1.807, 2.05) is 32.2 Å². The Kier molecular flexibility index (Phi) is 6.44. The number of rotatable bonds is 6. The van der Waals surface area contributed by atoms with E-state index >= 15 is 0 Å². The monoisotopic (exact) mass is 342 g/mol. The second-order valence-corrected chi connectivity index (χ2v) is 6.12. The van der Waals surface area contributed by atoms with E-state index in [0.717, 1.165) is 4.90 Å². The molecule has 2 aromatic rings. The van der Waals surface area contributed by atoms with Gasteiger partial charge in [-0.2, -0.15) is 0 Å². The van der Waals surface area contributed by atoms with E-state index in [0.29, 0.717) is 29.9 Å². The lowest BCUT2D eigenvalue weighted by Gasteiger charge is -2.18. The smallest absolute Gasteiger partial charge is 0.255 e. The van der Waals surface area contributed by atoms with E-state index in [1.54, 1.807) is 53.1 Å². The number of amides is 2. The Hall–Kier alpha value is -2.27. The zero-order valence-corrected chi connectivity index (χ0v) is 15.0. The molecule has 0 aromatic heterocycles. The van der Waals surface area contributed by atoms with Crippen LogP contribution in [0.2, 0.25) is 0 Å². The first kappa shape index (κ1) is 18.1. The fourth-order valence-corrected chi connectivity index (χ4v) is 2.74. The first-order valence-electron chi connectivity index (χ1n) is 7.93. The Morgan fingerprint density at radius 1 is 0.917 bits per heavy atom. The molecule has 0 atom stereocenters. The van der Waals surface area contributed by atoms with Gasteiger partial charge < -0.3 is 10.2 Å². The molecule has 0 radical (unpaired) electrons. The van der Waals surface area contributed by atoms with Crippen LogP contribution in [0, 0.1) is 0 Å². The lowest BCUT2D eigenvalue weighted by Crippen LogP contribution is -2.30. The number of hydrogen-bond acceptors (Lipinski definition) is 3. The van der Waals surface area contributed by atoms with Gasteiger partial charge in [0.05, 0.1) is 0 Å². The summed E-state index contributed by atoms with van der Waals surface area (Å²) in [6.07, 6.45) is 2.00. The van der Waals surface area contributed by atoms with Gasteiger partial charge >= 0.3 is 0 Å². The Labute approximate surface area is 147 Å². The van der Waals surface area contributed by atoms with E-state index in [9.17, 15) is 9.59 Å². The Balaban J connectivity index is 2.05. The van der Waals surface area contributed by atoms with Crippen molar-refractivity contribution in [3.63, 3.8) is 0 Å². The van der Waals surface area contributed by atoms with Crippen LogP contribution in [0.1, 0.15) is 34.6 Å². The zero-order chi connectivity index (χ0) is 17.5. The van der Waals surface area contributed by atoms with Gasteiger partial charge in [-0.1, -0.05) is 0 Å². The quantitative estimate of drug-likeness (QED) is 0.803. The molecular formula is C19H22N2O2S. The van der Waals surface area contributed by atoms with Crippen LogP contribution in [0.3, 0.4) is 0 Å². The van der Waals surface area contributed by atoms with E-state index in [-0.39, 0.29) is 11.8 Å². The SMILES string of the molecule is CCN(CC)C(=O)c1ccc(NC(=O)c2ccc(SC)cc2)cc1. The number of hydrogen-bond donors (Lipinski definition) is 1. The molecule has 0 saturated heterocycles. The van der Waals surface area contributed by atoms with Gasteiger partial charge in [0.15, 0.2) is 0 Å². The molecule has 0 aliphatic heterocycles. The molecule has 0 saturated carbocycles. The number of anilines is 1. The van der Waals surface area contributed by atoms with Gasteiger partial charge in [-0.25, -0.2) is 0 Å². The highest BCUT2D eigenvalue weighted by Crippen LogP contribution is 2.17. The molecule has 0 fully saturated rings. The van der Waals surface area contributed by atoms with Gasteiger partial charge in [0.1, 0.15) is 0 Å². The second-order valence-electron chi connectivity index (χ2n) is 5.24. The van der Waals surface area contributed by atoms with E-state index < -0.39 is 0 Å². The molecule has 2 amide bonds. The summed E-state index contributed by atoms with van der Waals surface area (Å²) in [5.41, 5.74) is 1.90. The number of benzene rings is 2. The predicted octanol–water partition coefficient (Wildman–Crippen LogP) is 4.14. The van der Waals surface area contributed by atoms with Gasteiger partial charge in [0.25, 0.3) is 11.8 Å². The Morgan fingerprint density at radius 2 is 1.46 bits per heavy atom. The number of carbonyl (C=O) groups is 2. The number of nitrogens with zero attached hydrogens (tertiary/aromatic N) is 1. The zero-order valence-electron chi connectivity index (χ0n) is 14.2. The van der Waals surface area contributed by atoms with Gasteiger partial charge in [0.2, 0.25) is 0 Å². The molecule has 0 aliphatic carbocycles.